The molecule has 27 heavy (non-hydrogen) atoms. The number of hydrogen-bond acceptors (Lipinski definition) is 1. The van der Waals surface area contributed by atoms with Crippen molar-refractivity contribution in [2.45, 2.75) is 86.0 Å². The number of carbonyl (C=O) groups is 1. The van der Waals surface area contributed by atoms with Gasteiger partial charge in [-0.3, -0.25) is 4.79 Å². The predicted octanol–water partition coefficient (Wildman–Crippen LogP) is 6.31. The van der Waals surface area contributed by atoms with E-state index in [1.165, 1.54) is 32.1 Å². The first-order valence-corrected chi connectivity index (χ1v) is 11.6. The molecule has 0 amide bonds. The minimum absolute atomic E-state index is 0.341. The maximum atomic E-state index is 12.6. The zero-order chi connectivity index (χ0) is 19.4. The average molecular weight is 371 g/mol. The summed E-state index contributed by atoms with van der Waals surface area (Å²) in [5.74, 6) is 3.51. The fourth-order valence-corrected chi connectivity index (χ4v) is 9.73. The standard InChI is InChI=1S/C25H38O2/c1-14(2)17-7-10-24(22(26)27)13-18-16(4)23(5)9-8-19-15(3)6-11-25(19,23)21(18)12-20(17)24/h14-15,17,19-21H,6-13H2,1-5H3,(H,26,27)/t15-,17+,19+,20-,21+,23+,24-,25-/m1/s1. The van der Waals surface area contributed by atoms with E-state index in [4.69, 9.17) is 0 Å². The minimum atomic E-state index is -0.495. The molecule has 0 aromatic carbocycles. The molecular weight excluding hydrogens is 332 g/mol. The van der Waals surface area contributed by atoms with Crippen LogP contribution in [0.2, 0.25) is 0 Å². The Labute approximate surface area is 165 Å². The first-order chi connectivity index (χ1) is 12.7. The quantitative estimate of drug-likeness (QED) is 0.578. The molecule has 2 heteroatoms. The van der Waals surface area contributed by atoms with Crippen LogP contribution in [-0.2, 0) is 4.79 Å². The molecule has 0 unspecified atom stereocenters. The molecule has 0 aromatic heterocycles. The molecule has 8 atom stereocenters. The third-order valence-electron chi connectivity index (χ3n) is 11.1. The largest absolute Gasteiger partial charge is 0.481 e. The van der Waals surface area contributed by atoms with Gasteiger partial charge in [-0.05, 0) is 105 Å². The molecule has 0 aliphatic heterocycles. The molecule has 5 aliphatic carbocycles. The molecule has 0 heterocycles. The molecule has 1 spiro atoms. The molecule has 4 fully saturated rings. The van der Waals surface area contributed by atoms with Crippen molar-refractivity contribution in [3.63, 3.8) is 0 Å². The van der Waals surface area contributed by atoms with Crippen molar-refractivity contribution in [1.29, 1.82) is 0 Å². The van der Waals surface area contributed by atoms with Gasteiger partial charge in [0, 0.05) is 0 Å². The van der Waals surface area contributed by atoms with Gasteiger partial charge in [0.05, 0.1) is 5.41 Å². The summed E-state index contributed by atoms with van der Waals surface area (Å²) in [4.78, 5) is 12.6. The summed E-state index contributed by atoms with van der Waals surface area (Å²) in [6.07, 6.45) is 9.58. The normalized spacial score (nSPS) is 53.5. The Kier molecular flexibility index (Phi) is 3.66. The molecule has 0 aromatic rings. The van der Waals surface area contributed by atoms with Gasteiger partial charge < -0.3 is 5.11 Å². The number of allylic oxidation sites excluding steroid dienone is 2. The van der Waals surface area contributed by atoms with Crippen molar-refractivity contribution in [3.05, 3.63) is 11.1 Å². The van der Waals surface area contributed by atoms with Crippen LogP contribution in [0, 0.1) is 51.8 Å². The Morgan fingerprint density at radius 2 is 1.85 bits per heavy atom. The number of rotatable bonds is 2. The van der Waals surface area contributed by atoms with Crippen LogP contribution < -0.4 is 0 Å². The lowest BCUT2D eigenvalue weighted by molar-refractivity contribution is -0.154. The van der Waals surface area contributed by atoms with Crippen LogP contribution in [0.25, 0.3) is 0 Å². The Morgan fingerprint density at radius 1 is 1.11 bits per heavy atom. The SMILES string of the molecule is CC1=C2C[C@]3(C(=O)O)CC[C@@H](C(C)C)[C@H]3C[C@@H]2[C@@]23CC[C@@H](C)[C@@H]2CC[C@@]13C. The summed E-state index contributed by atoms with van der Waals surface area (Å²) >= 11 is 0. The molecule has 5 rings (SSSR count). The van der Waals surface area contributed by atoms with Gasteiger partial charge in [-0.1, -0.05) is 38.8 Å². The zero-order valence-corrected chi connectivity index (χ0v) is 18.0. The van der Waals surface area contributed by atoms with E-state index in [2.05, 4.69) is 34.6 Å². The van der Waals surface area contributed by atoms with E-state index in [0.717, 1.165) is 31.1 Å². The van der Waals surface area contributed by atoms with Crippen LogP contribution >= 0.6 is 0 Å². The van der Waals surface area contributed by atoms with Gasteiger partial charge in [0.15, 0.2) is 0 Å². The monoisotopic (exact) mass is 370 g/mol. The van der Waals surface area contributed by atoms with Crippen molar-refractivity contribution >= 4 is 5.97 Å². The lowest BCUT2D eigenvalue weighted by Gasteiger charge is -2.50. The van der Waals surface area contributed by atoms with E-state index in [1.54, 1.807) is 11.1 Å². The maximum absolute atomic E-state index is 12.6. The molecule has 0 bridgehead atoms. The van der Waals surface area contributed by atoms with E-state index in [-0.39, 0.29) is 0 Å². The van der Waals surface area contributed by atoms with Gasteiger partial charge in [0.2, 0.25) is 0 Å². The Balaban J connectivity index is 1.64. The minimum Gasteiger partial charge on any atom is -0.481 e. The summed E-state index contributed by atoms with van der Waals surface area (Å²) in [5.41, 5.74) is 3.57. The number of hydrogen-bond donors (Lipinski definition) is 1. The number of fused-ring (bicyclic) bond motifs is 2. The van der Waals surface area contributed by atoms with Crippen molar-refractivity contribution in [2.24, 2.45) is 51.8 Å². The first-order valence-electron chi connectivity index (χ1n) is 11.6. The summed E-state index contributed by atoms with van der Waals surface area (Å²) in [6.45, 7) is 12.1. The van der Waals surface area contributed by atoms with E-state index in [9.17, 15) is 9.90 Å². The first kappa shape index (κ1) is 18.3. The van der Waals surface area contributed by atoms with Gasteiger partial charge in [-0.15, -0.1) is 0 Å². The molecular formula is C25H38O2. The average Bonchev–Trinajstić information content (AvgIpc) is 3.28. The molecule has 1 N–H and O–H groups in total. The summed E-state index contributed by atoms with van der Waals surface area (Å²) in [7, 11) is 0. The summed E-state index contributed by atoms with van der Waals surface area (Å²) in [6, 6.07) is 0. The fraction of sp³-hybridized carbons (Fsp3) is 0.880. The zero-order valence-electron chi connectivity index (χ0n) is 18.0. The third kappa shape index (κ3) is 1.87. The Hall–Kier alpha value is -0.790. The van der Waals surface area contributed by atoms with Gasteiger partial charge in [-0.25, -0.2) is 0 Å². The topological polar surface area (TPSA) is 37.3 Å². The van der Waals surface area contributed by atoms with Crippen LogP contribution in [0.4, 0.5) is 0 Å². The second-order valence-electron chi connectivity index (χ2n) is 11.7. The smallest absolute Gasteiger partial charge is 0.310 e. The molecule has 4 saturated carbocycles. The third-order valence-corrected chi connectivity index (χ3v) is 11.1. The van der Waals surface area contributed by atoms with Crippen molar-refractivity contribution < 1.29 is 9.90 Å². The van der Waals surface area contributed by atoms with Gasteiger partial charge >= 0.3 is 5.97 Å². The molecule has 5 aliphatic rings. The van der Waals surface area contributed by atoms with E-state index < -0.39 is 11.4 Å². The van der Waals surface area contributed by atoms with Gasteiger partial charge in [0.25, 0.3) is 0 Å². The highest BCUT2D eigenvalue weighted by atomic mass is 16.4. The molecule has 2 nitrogen and oxygen atoms in total. The van der Waals surface area contributed by atoms with Crippen molar-refractivity contribution in [3.8, 4) is 0 Å². The van der Waals surface area contributed by atoms with Crippen LogP contribution in [0.1, 0.15) is 86.0 Å². The molecule has 0 saturated heterocycles. The lowest BCUT2D eigenvalue weighted by Crippen LogP contribution is -2.47. The Bertz CT molecular complexity index is 720. The van der Waals surface area contributed by atoms with E-state index in [1.807, 2.05) is 0 Å². The number of aliphatic carboxylic acids is 1. The maximum Gasteiger partial charge on any atom is 0.310 e. The highest BCUT2D eigenvalue weighted by Crippen LogP contribution is 2.79. The molecule has 150 valence electrons. The van der Waals surface area contributed by atoms with Gasteiger partial charge in [-0.2, -0.15) is 0 Å². The number of carboxylic acids is 1. The molecule has 0 radical (unpaired) electrons. The van der Waals surface area contributed by atoms with E-state index in [0.29, 0.717) is 34.5 Å². The predicted molar refractivity (Wildman–Crippen MR) is 108 cm³/mol. The van der Waals surface area contributed by atoms with Crippen LogP contribution in [0.15, 0.2) is 11.1 Å². The summed E-state index contributed by atoms with van der Waals surface area (Å²) < 4.78 is 0. The van der Waals surface area contributed by atoms with E-state index >= 15 is 0 Å². The second kappa shape index (κ2) is 5.42. The van der Waals surface area contributed by atoms with Crippen LogP contribution in [-0.4, -0.2) is 11.1 Å². The lowest BCUT2D eigenvalue weighted by atomic mass is 9.53. The van der Waals surface area contributed by atoms with Gasteiger partial charge in [0.1, 0.15) is 0 Å². The Morgan fingerprint density at radius 3 is 2.52 bits per heavy atom. The fourth-order valence-electron chi connectivity index (χ4n) is 9.73. The van der Waals surface area contributed by atoms with Crippen molar-refractivity contribution in [2.75, 3.05) is 0 Å². The van der Waals surface area contributed by atoms with Crippen LogP contribution in [0.5, 0.6) is 0 Å². The van der Waals surface area contributed by atoms with Crippen molar-refractivity contribution in [1.82, 2.24) is 0 Å². The second-order valence-corrected chi connectivity index (χ2v) is 11.7. The highest BCUT2D eigenvalue weighted by Gasteiger charge is 2.72. The van der Waals surface area contributed by atoms with Crippen LogP contribution in [0.3, 0.4) is 0 Å². The summed E-state index contributed by atoms with van der Waals surface area (Å²) in [5, 5.41) is 10.4. The number of carboxylic acid groups (broad SMARTS) is 1. The highest BCUT2D eigenvalue weighted by molar-refractivity contribution is 5.77.